The van der Waals surface area contributed by atoms with Crippen LogP contribution in [0.25, 0.3) is 0 Å². The fraction of sp³-hybridized carbons (Fsp3) is 0.308. The van der Waals surface area contributed by atoms with Crippen molar-refractivity contribution in [3.05, 3.63) is 88.2 Å². The smallest absolute Gasteiger partial charge is 0.267 e. The van der Waals surface area contributed by atoms with Gasteiger partial charge in [-0.05, 0) is 61.1 Å². The normalized spacial score (nSPS) is 12.0. The van der Waals surface area contributed by atoms with Gasteiger partial charge in [0.2, 0.25) is 0 Å². The molecule has 0 bridgehead atoms. The summed E-state index contributed by atoms with van der Waals surface area (Å²) in [5, 5.41) is 5.04. The van der Waals surface area contributed by atoms with E-state index in [9.17, 15) is 4.79 Å². The number of rotatable bonds is 6. The van der Waals surface area contributed by atoms with Gasteiger partial charge in [-0.3, -0.25) is 4.79 Å². The number of aryl methyl sites for hydroxylation is 2. The number of amides is 1. The van der Waals surface area contributed by atoms with Crippen LogP contribution in [0.4, 0.5) is 0 Å². The van der Waals surface area contributed by atoms with E-state index >= 15 is 0 Å². The number of hydrazone groups is 1. The fourth-order valence-corrected chi connectivity index (χ4v) is 4.04. The van der Waals surface area contributed by atoms with Gasteiger partial charge in [-0.2, -0.15) is 5.10 Å². The number of nitrogens with one attached hydrogen (secondary N) is 1. The maximum absolute atomic E-state index is 12.5. The molecule has 3 aromatic rings. The van der Waals surface area contributed by atoms with Gasteiger partial charge >= 0.3 is 0 Å². The van der Waals surface area contributed by atoms with E-state index in [-0.39, 0.29) is 11.3 Å². The van der Waals surface area contributed by atoms with Crippen molar-refractivity contribution in [2.45, 2.75) is 57.9 Å². The molecular weight excluding hydrogens is 416 g/mol. The second kappa shape index (κ2) is 10.1. The molecule has 0 unspecified atom stereocenters. The lowest BCUT2D eigenvalue weighted by Gasteiger charge is -2.19. The minimum Gasteiger partial charge on any atom is -0.267 e. The zero-order valence-corrected chi connectivity index (χ0v) is 20.4. The van der Waals surface area contributed by atoms with E-state index in [0.29, 0.717) is 5.56 Å². The lowest BCUT2D eigenvalue weighted by Crippen LogP contribution is -2.19. The Morgan fingerprint density at radius 1 is 0.938 bits per heavy atom. The third kappa shape index (κ3) is 6.50. The van der Waals surface area contributed by atoms with Crippen LogP contribution in [0, 0.1) is 13.8 Å². The lowest BCUT2D eigenvalue weighted by atomic mass is 9.86. The molecule has 0 saturated heterocycles. The summed E-state index contributed by atoms with van der Waals surface area (Å²) in [7, 11) is 0. The summed E-state index contributed by atoms with van der Waals surface area (Å²) in [6, 6.07) is 17.8. The summed E-state index contributed by atoms with van der Waals surface area (Å²) in [5.74, 6) is 0.514. The second-order valence-corrected chi connectivity index (χ2v) is 9.83. The van der Waals surface area contributed by atoms with E-state index in [0.717, 1.165) is 39.1 Å². The van der Waals surface area contributed by atoms with Crippen LogP contribution in [0.3, 0.4) is 0 Å². The molecule has 0 saturated carbocycles. The Labute approximate surface area is 194 Å². The van der Waals surface area contributed by atoms with Crippen LogP contribution in [0.2, 0.25) is 0 Å². The van der Waals surface area contributed by atoms with Crippen molar-refractivity contribution in [1.29, 1.82) is 0 Å². The number of hydrogen-bond donors (Lipinski definition) is 1. The van der Waals surface area contributed by atoms with Gasteiger partial charge in [0.15, 0.2) is 5.16 Å². The average Bonchev–Trinajstić information content (AvgIpc) is 2.75. The number of nitrogens with zero attached hydrogens (tertiary/aromatic N) is 3. The van der Waals surface area contributed by atoms with Crippen molar-refractivity contribution in [1.82, 2.24) is 15.4 Å². The molecule has 0 aliphatic carbocycles. The number of carbonyl (C=O) groups excluding carboxylic acids is 1. The van der Waals surface area contributed by atoms with Gasteiger partial charge in [-0.25, -0.2) is 15.4 Å². The molecule has 0 fully saturated rings. The predicted octanol–water partition coefficient (Wildman–Crippen LogP) is 5.84. The van der Waals surface area contributed by atoms with Crippen LogP contribution >= 0.6 is 11.8 Å². The topological polar surface area (TPSA) is 67.2 Å². The van der Waals surface area contributed by atoms with Crippen molar-refractivity contribution in [2.75, 3.05) is 0 Å². The summed E-state index contributed by atoms with van der Waals surface area (Å²) < 4.78 is 0. The van der Waals surface area contributed by atoms with Gasteiger partial charge in [0, 0.05) is 22.7 Å². The van der Waals surface area contributed by atoms with Crippen molar-refractivity contribution >= 4 is 23.4 Å². The first-order valence-electron chi connectivity index (χ1n) is 10.6. The summed E-state index contributed by atoms with van der Waals surface area (Å²) in [6.07, 6.45) is 0. The highest BCUT2D eigenvalue weighted by molar-refractivity contribution is 7.98. The molecule has 1 aromatic heterocycles. The van der Waals surface area contributed by atoms with Crippen LogP contribution in [0.15, 0.2) is 64.9 Å². The first kappa shape index (κ1) is 23.7. The van der Waals surface area contributed by atoms with Crippen LogP contribution in [-0.4, -0.2) is 21.6 Å². The van der Waals surface area contributed by atoms with E-state index in [4.69, 9.17) is 0 Å². The van der Waals surface area contributed by atoms with E-state index in [1.807, 2.05) is 63.2 Å². The third-order valence-corrected chi connectivity index (χ3v) is 5.96. The fourth-order valence-electron chi connectivity index (χ4n) is 3.13. The van der Waals surface area contributed by atoms with Gasteiger partial charge in [0.25, 0.3) is 5.91 Å². The molecule has 3 rings (SSSR count). The van der Waals surface area contributed by atoms with Gasteiger partial charge in [-0.15, -0.1) is 0 Å². The Morgan fingerprint density at radius 3 is 2.06 bits per heavy atom. The highest BCUT2D eigenvalue weighted by Gasteiger charge is 2.13. The number of hydrogen-bond acceptors (Lipinski definition) is 5. The molecule has 32 heavy (non-hydrogen) atoms. The molecule has 166 valence electrons. The molecule has 5 nitrogen and oxygen atoms in total. The van der Waals surface area contributed by atoms with E-state index in [1.54, 1.807) is 11.8 Å². The Morgan fingerprint density at radius 2 is 1.50 bits per heavy atom. The van der Waals surface area contributed by atoms with Crippen molar-refractivity contribution in [3.63, 3.8) is 0 Å². The maximum Gasteiger partial charge on any atom is 0.271 e. The molecule has 1 N–H and O–H groups in total. The largest absolute Gasteiger partial charge is 0.271 e. The van der Waals surface area contributed by atoms with Gasteiger partial charge in [0.05, 0.1) is 5.71 Å². The molecule has 0 aliphatic rings. The molecule has 6 heteroatoms. The van der Waals surface area contributed by atoms with Crippen LogP contribution in [0.1, 0.15) is 66.1 Å². The van der Waals surface area contributed by atoms with E-state index in [1.165, 1.54) is 5.56 Å². The standard InChI is InChI=1S/C26H30N4OS/c1-17-15-18(2)28-25(27-17)32-16-20-7-9-22(10-8-20)24(31)30-29-19(3)21-11-13-23(14-12-21)26(4,5)6/h7-15H,16H2,1-6H3,(H,30,31). The lowest BCUT2D eigenvalue weighted by molar-refractivity contribution is 0.0955. The summed E-state index contributed by atoms with van der Waals surface area (Å²) in [5.41, 5.74) is 9.38. The zero-order chi connectivity index (χ0) is 23.3. The van der Waals surface area contributed by atoms with Crippen LogP contribution < -0.4 is 5.43 Å². The number of aromatic nitrogens is 2. The highest BCUT2D eigenvalue weighted by Crippen LogP contribution is 2.22. The first-order chi connectivity index (χ1) is 15.1. The van der Waals surface area contributed by atoms with E-state index < -0.39 is 0 Å². The minimum absolute atomic E-state index is 0.106. The molecule has 2 aromatic carbocycles. The average molecular weight is 447 g/mol. The Bertz CT molecular complexity index is 1090. The first-order valence-corrected chi connectivity index (χ1v) is 11.6. The van der Waals surface area contributed by atoms with E-state index in [2.05, 4.69) is 53.4 Å². The SMILES string of the molecule is CC(=NNC(=O)c1ccc(CSc2nc(C)cc(C)n2)cc1)c1ccc(C(C)(C)C)cc1. The Balaban J connectivity index is 1.58. The Kier molecular flexibility index (Phi) is 7.46. The zero-order valence-electron chi connectivity index (χ0n) is 19.6. The number of carbonyl (C=O) groups is 1. The summed E-state index contributed by atoms with van der Waals surface area (Å²) >= 11 is 1.59. The Hall–Kier alpha value is -2.99. The molecular formula is C26H30N4OS. The minimum atomic E-state index is -0.229. The number of thioether (sulfide) groups is 1. The van der Waals surface area contributed by atoms with Gasteiger partial charge < -0.3 is 0 Å². The van der Waals surface area contributed by atoms with Crippen molar-refractivity contribution in [2.24, 2.45) is 5.10 Å². The molecule has 1 heterocycles. The third-order valence-electron chi connectivity index (χ3n) is 5.04. The molecule has 0 aliphatic heterocycles. The summed E-state index contributed by atoms with van der Waals surface area (Å²) in [6.45, 7) is 12.4. The number of benzene rings is 2. The highest BCUT2D eigenvalue weighted by atomic mass is 32.2. The predicted molar refractivity (Wildman–Crippen MR) is 132 cm³/mol. The second-order valence-electron chi connectivity index (χ2n) is 8.88. The maximum atomic E-state index is 12.5. The van der Waals surface area contributed by atoms with Crippen LogP contribution in [0.5, 0.6) is 0 Å². The summed E-state index contributed by atoms with van der Waals surface area (Å²) in [4.78, 5) is 21.4. The van der Waals surface area contributed by atoms with Gasteiger partial charge in [0.1, 0.15) is 0 Å². The van der Waals surface area contributed by atoms with Gasteiger partial charge in [-0.1, -0.05) is 68.9 Å². The molecule has 0 spiro atoms. The van der Waals surface area contributed by atoms with Crippen LogP contribution in [-0.2, 0) is 11.2 Å². The monoisotopic (exact) mass is 446 g/mol. The van der Waals surface area contributed by atoms with Crippen molar-refractivity contribution in [3.8, 4) is 0 Å². The molecule has 0 atom stereocenters. The quantitative estimate of drug-likeness (QED) is 0.224. The molecule has 0 radical (unpaired) electrons. The molecule has 1 amide bonds. The van der Waals surface area contributed by atoms with Crippen molar-refractivity contribution < 1.29 is 4.79 Å².